The Kier molecular flexibility index (Phi) is 5.85. The van der Waals surface area contributed by atoms with Crippen LogP contribution >= 0.6 is 0 Å². The summed E-state index contributed by atoms with van der Waals surface area (Å²) in [5.41, 5.74) is 0.999. The number of ether oxygens (including phenoxy) is 1. The molecule has 102 valence electrons. The Morgan fingerprint density at radius 2 is 2.17 bits per heavy atom. The van der Waals surface area contributed by atoms with E-state index in [0.717, 1.165) is 24.5 Å². The van der Waals surface area contributed by atoms with Crippen molar-refractivity contribution in [2.45, 2.75) is 20.8 Å². The average Bonchev–Trinajstić information content (AvgIpc) is 2.32. The molecule has 0 spiro atoms. The number of hydrogen-bond acceptors (Lipinski definition) is 5. The van der Waals surface area contributed by atoms with Crippen molar-refractivity contribution >= 4 is 5.82 Å². The molecule has 1 N–H and O–H groups in total. The van der Waals surface area contributed by atoms with Gasteiger partial charge in [0.25, 0.3) is 0 Å². The lowest BCUT2D eigenvalue weighted by Gasteiger charge is -2.24. The maximum atomic E-state index is 5.49. The first kappa shape index (κ1) is 14.7. The van der Waals surface area contributed by atoms with Crippen molar-refractivity contribution in [3.8, 4) is 5.88 Å². The summed E-state index contributed by atoms with van der Waals surface area (Å²) in [4.78, 5) is 10.7. The van der Waals surface area contributed by atoms with E-state index in [0.29, 0.717) is 18.4 Å². The minimum Gasteiger partial charge on any atom is -0.478 e. The minimum atomic E-state index is 0.560. The molecule has 5 nitrogen and oxygen atoms in total. The van der Waals surface area contributed by atoms with Gasteiger partial charge in [0.15, 0.2) is 0 Å². The molecule has 1 atom stereocenters. The van der Waals surface area contributed by atoms with Gasteiger partial charge in [-0.1, -0.05) is 6.92 Å². The van der Waals surface area contributed by atoms with Crippen LogP contribution in [0.5, 0.6) is 5.88 Å². The van der Waals surface area contributed by atoms with Crippen LogP contribution in [0.4, 0.5) is 5.82 Å². The molecule has 1 rings (SSSR count). The number of nitrogens with zero attached hydrogens (tertiary/aromatic N) is 3. The third-order valence-electron chi connectivity index (χ3n) is 2.79. The van der Waals surface area contributed by atoms with E-state index in [9.17, 15) is 0 Å². The SMILES string of the molecule is CCOc1ncnc(N(C)CC(C)CNC)c1C. The van der Waals surface area contributed by atoms with Crippen molar-refractivity contribution in [3.63, 3.8) is 0 Å². The van der Waals surface area contributed by atoms with E-state index in [1.807, 2.05) is 20.9 Å². The Labute approximate surface area is 110 Å². The number of anilines is 1. The van der Waals surface area contributed by atoms with Gasteiger partial charge in [0.05, 0.1) is 12.2 Å². The van der Waals surface area contributed by atoms with E-state index in [1.54, 1.807) is 6.33 Å². The molecule has 0 aliphatic rings. The van der Waals surface area contributed by atoms with Gasteiger partial charge in [0.1, 0.15) is 12.1 Å². The third-order valence-corrected chi connectivity index (χ3v) is 2.79. The standard InChI is InChI=1S/C13H24N4O/c1-6-18-13-11(3)12(15-9-16-13)17(5)8-10(2)7-14-4/h9-10,14H,6-8H2,1-5H3. The topological polar surface area (TPSA) is 50.3 Å². The monoisotopic (exact) mass is 252 g/mol. The maximum absolute atomic E-state index is 5.49. The number of rotatable bonds is 7. The lowest BCUT2D eigenvalue weighted by molar-refractivity contribution is 0.323. The van der Waals surface area contributed by atoms with Gasteiger partial charge in [-0.3, -0.25) is 0 Å². The summed E-state index contributed by atoms with van der Waals surface area (Å²) in [6.07, 6.45) is 1.56. The van der Waals surface area contributed by atoms with Crippen LogP contribution in [0.2, 0.25) is 0 Å². The molecule has 0 aliphatic heterocycles. The fourth-order valence-electron chi connectivity index (χ4n) is 2.06. The Balaban J connectivity index is 2.78. The highest BCUT2D eigenvalue weighted by Crippen LogP contribution is 2.23. The lowest BCUT2D eigenvalue weighted by atomic mass is 10.1. The summed E-state index contributed by atoms with van der Waals surface area (Å²) in [6, 6.07) is 0. The van der Waals surface area contributed by atoms with Gasteiger partial charge in [-0.05, 0) is 33.4 Å². The second-order valence-electron chi connectivity index (χ2n) is 4.60. The number of nitrogens with one attached hydrogen (secondary N) is 1. The number of hydrogen-bond donors (Lipinski definition) is 1. The van der Waals surface area contributed by atoms with Crippen molar-refractivity contribution in [1.82, 2.24) is 15.3 Å². The molecule has 0 radical (unpaired) electrons. The molecule has 18 heavy (non-hydrogen) atoms. The molecule has 0 fully saturated rings. The van der Waals surface area contributed by atoms with Crippen LogP contribution in [0.3, 0.4) is 0 Å². The predicted molar refractivity (Wildman–Crippen MR) is 74.3 cm³/mol. The zero-order valence-corrected chi connectivity index (χ0v) is 12.0. The zero-order chi connectivity index (χ0) is 13.5. The fourth-order valence-corrected chi connectivity index (χ4v) is 2.06. The van der Waals surface area contributed by atoms with E-state index in [-0.39, 0.29) is 0 Å². The first-order valence-electron chi connectivity index (χ1n) is 6.40. The van der Waals surface area contributed by atoms with Crippen LogP contribution in [-0.2, 0) is 0 Å². The fraction of sp³-hybridized carbons (Fsp3) is 0.692. The molecular weight excluding hydrogens is 228 g/mol. The largest absolute Gasteiger partial charge is 0.478 e. The Hall–Kier alpha value is -1.36. The highest BCUT2D eigenvalue weighted by atomic mass is 16.5. The second-order valence-corrected chi connectivity index (χ2v) is 4.60. The minimum absolute atomic E-state index is 0.560. The zero-order valence-electron chi connectivity index (χ0n) is 12.0. The van der Waals surface area contributed by atoms with Crippen LogP contribution in [0.15, 0.2) is 6.33 Å². The quantitative estimate of drug-likeness (QED) is 0.796. The van der Waals surface area contributed by atoms with Gasteiger partial charge in [-0.15, -0.1) is 0 Å². The van der Waals surface area contributed by atoms with Gasteiger partial charge >= 0.3 is 0 Å². The highest BCUT2D eigenvalue weighted by Gasteiger charge is 2.13. The summed E-state index contributed by atoms with van der Waals surface area (Å²) in [5.74, 6) is 2.18. The maximum Gasteiger partial charge on any atom is 0.221 e. The van der Waals surface area contributed by atoms with E-state index < -0.39 is 0 Å². The van der Waals surface area contributed by atoms with Crippen molar-refractivity contribution in [1.29, 1.82) is 0 Å². The molecule has 0 amide bonds. The molecule has 0 aromatic carbocycles. The molecule has 1 heterocycles. The summed E-state index contributed by atoms with van der Waals surface area (Å²) in [7, 11) is 4.02. The summed E-state index contributed by atoms with van der Waals surface area (Å²) in [5, 5.41) is 3.19. The van der Waals surface area contributed by atoms with Crippen LogP contribution < -0.4 is 15.0 Å². The van der Waals surface area contributed by atoms with E-state index in [4.69, 9.17) is 4.74 Å². The van der Waals surface area contributed by atoms with Gasteiger partial charge in [-0.2, -0.15) is 0 Å². The Bertz CT molecular complexity index is 370. The first-order chi connectivity index (χ1) is 8.60. The molecule has 0 saturated carbocycles. The molecule has 0 bridgehead atoms. The van der Waals surface area contributed by atoms with Gasteiger partial charge in [0.2, 0.25) is 5.88 Å². The van der Waals surface area contributed by atoms with Crippen molar-refractivity contribution in [2.24, 2.45) is 5.92 Å². The second kappa shape index (κ2) is 7.16. The van der Waals surface area contributed by atoms with E-state index in [1.165, 1.54) is 0 Å². The van der Waals surface area contributed by atoms with Crippen LogP contribution in [0.25, 0.3) is 0 Å². The van der Waals surface area contributed by atoms with Crippen molar-refractivity contribution in [2.75, 3.05) is 38.7 Å². The Morgan fingerprint density at radius 1 is 1.44 bits per heavy atom. The Morgan fingerprint density at radius 3 is 2.78 bits per heavy atom. The van der Waals surface area contributed by atoms with Gasteiger partial charge in [-0.25, -0.2) is 9.97 Å². The number of aromatic nitrogens is 2. The van der Waals surface area contributed by atoms with Crippen LogP contribution in [0.1, 0.15) is 19.4 Å². The molecule has 5 heteroatoms. The summed E-state index contributed by atoms with van der Waals surface area (Å²) < 4.78 is 5.49. The summed E-state index contributed by atoms with van der Waals surface area (Å²) in [6.45, 7) is 8.74. The van der Waals surface area contributed by atoms with Gasteiger partial charge < -0.3 is 15.0 Å². The lowest BCUT2D eigenvalue weighted by Crippen LogP contribution is -2.30. The van der Waals surface area contributed by atoms with E-state index in [2.05, 4.69) is 34.2 Å². The third kappa shape index (κ3) is 3.84. The first-order valence-corrected chi connectivity index (χ1v) is 6.40. The van der Waals surface area contributed by atoms with E-state index >= 15 is 0 Å². The summed E-state index contributed by atoms with van der Waals surface area (Å²) >= 11 is 0. The molecule has 0 aliphatic carbocycles. The van der Waals surface area contributed by atoms with Crippen LogP contribution in [-0.4, -0.2) is 43.8 Å². The van der Waals surface area contributed by atoms with Crippen molar-refractivity contribution < 1.29 is 4.74 Å². The van der Waals surface area contributed by atoms with Gasteiger partial charge in [0, 0.05) is 13.6 Å². The molecule has 1 aromatic rings. The molecule has 1 aromatic heterocycles. The normalized spacial score (nSPS) is 12.3. The molecular formula is C13H24N4O. The van der Waals surface area contributed by atoms with Crippen LogP contribution in [0, 0.1) is 12.8 Å². The predicted octanol–water partition coefficient (Wildman–Crippen LogP) is 1.48. The average molecular weight is 252 g/mol. The smallest absolute Gasteiger partial charge is 0.221 e. The highest BCUT2D eigenvalue weighted by molar-refractivity contribution is 5.49. The molecule has 0 saturated heterocycles. The molecule has 1 unspecified atom stereocenters. The van der Waals surface area contributed by atoms with Crippen molar-refractivity contribution in [3.05, 3.63) is 11.9 Å².